The van der Waals surface area contributed by atoms with Crippen molar-refractivity contribution in [3.05, 3.63) is 18.0 Å². The average Bonchev–Trinajstić information content (AvgIpc) is 2.79. The third kappa shape index (κ3) is 4.91. The summed E-state index contributed by atoms with van der Waals surface area (Å²) in [6.07, 6.45) is 2.43. The summed E-state index contributed by atoms with van der Waals surface area (Å²) < 4.78 is 1.72. The lowest BCUT2D eigenvalue weighted by molar-refractivity contribution is -0.120. The monoisotopic (exact) mass is 281 g/mol. The van der Waals surface area contributed by atoms with Gasteiger partial charge in [0.25, 0.3) is 0 Å². The largest absolute Gasteiger partial charge is 0.352 e. The Labute approximate surface area is 119 Å². The molecule has 1 atom stereocenters. The molecule has 1 heterocycles. The van der Waals surface area contributed by atoms with Crippen molar-refractivity contribution in [1.82, 2.24) is 25.7 Å². The van der Waals surface area contributed by atoms with E-state index in [0.717, 1.165) is 12.1 Å². The summed E-state index contributed by atoms with van der Waals surface area (Å²) in [6.45, 7) is 5.68. The number of hydrogen-bond acceptors (Lipinski definition) is 3. The van der Waals surface area contributed by atoms with E-state index >= 15 is 0 Å². The minimum Gasteiger partial charge on any atom is -0.352 e. The van der Waals surface area contributed by atoms with Crippen molar-refractivity contribution >= 4 is 11.9 Å². The Morgan fingerprint density at radius 1 is 1.35 bits per heavy atom. The maximum atomic E-state index is 11.8. The topological polar surface area (TPSA) is 88.1 Å². The highest BCUT2D eigenvalue weighted by Crippen LogP contribution is 2.14. The Balaban J connectivity index is 2.45. The fraction of sp³-hybridized carbons (Fsp3) is 0.615. The van der Waals surface area contributed by atoms with Crippen molar-refractivity contribution in [2.24, 2.45) is 7.05 Å². The quantitative estimate of drug-likeness (QED) is 0.717. The molecule has 3 N–H and O–H groups in total. The number of carbonyl (C=O) groups is 2. The van der Waals surface area contributed by atoms with Gasteiger partial charge in [-0.15, -0.1) is 0 Å². The van der Waals surface area contributed by atoms with Gasteiger partial charge >= 0.3 is 6.03 Å². The standard InChI is InChI=1S/C13H23N5O2/c1-5-10(11-6-7-15-18(11)4)17-13(20)14-8-12(19)16-9(2)3/h6-7,9-10H,5,8H2,1-4H3,(H,16,19)(H2,14,17,20)/t10-/m1/s1. The van der Waals surface area contributed by atoms with Crippen LogP contribution in [-0.4, -0.2) is 34.3 Å². The van der Waals surface area contributed by atoms with E-state index in [1.165, 1.54) is 0 Å². The third-order valence-electron chi connectivity index (χ3n) is 2.79. The van der Waals surface area contributed by atoms with Gasteiger partial charge in [0, 0.05) is 19.3 Å². The minimum absolute atomic E-state index is 0.0359. The van der Waals surface area contributed by atoms with E-state index in [0.29, 0.717) is 0 Å². The molecule has 0 unspecified atom stereocenters. The second-order valence-electron chi connectivity index (χ2n) is 4.89. The van der Waals surface area contributed by atoms with Gasteiger partial charge < -0.3 is 16.0 Å². The molecule has 0 saturated carbocycles. The van der Waals surface area contributed by atoms with Crippen LogP contribution in [0.5, 0.6) is 0 Å². The number of rotatable bonds is 6. The second kappa shape index (κ2) is 7.52. The van der Waals surface area contributed by atoms with E-state index < -0.39 is 0 Å². The van der Waals surface area contributed by atoms with Gasteiger partial charge in [0.05, 0.1) is 18.3 Å². The molecule has 0 aliphatic heterocycles. The first-order valence-corrected chi connectivity index (χ1v) is 6.75. The van der Waals surface area contributed by atoms with Crippen molar-refractivity contribution in [2.45, 2.75) is 39.3 Å². The van der Waals surface area contributed by atoms with Crippen LogP contribution < -0.4 is 16.0 Å². The first-order chi connectivity index (χ1) is 9.43. The minimum atomic E-state index is -0.364. The number of urea groups is 1. The number of hydrogen-bond donors (Lipinski definition) is 3. The van der Waals surface area contributed by atoms with Crippen molar-refractivity contribution in [2.75, 3.05) is 6.54 Å². The lowest BCUT2D eigenvalue weighted by atomic mass is 10.1. The number of nitrogens with one attached hydrogen (secondary N) is 3. The molecule has 0 radical (unpaired) electrons. The SMILES string of the molecule is CC[C@@H](NC(=O)NCC(=O)NC(C)C)c1ccnn1C. The molecule has 3 amide bonds. The normalized spacial score (nSPS) is 12.1. The van der Waals surface area contributed by atoms with Crippen LogP contribution in [0.25, 0.3) is 0 Å². The van der Waals surface area contributed by atoms with E-state index in [9.17, 15) is 9.59 Å². The molecule has 1 aromatic rings. The van der Waals surface area contributed by atoms with Gasteiger partial charge in [0.2, 0.25) is 5.91 Å². The lowest BCUT2D eigenvalue weighted by Crippen LogP contribution is -2.44. The Morgan fingerprint density at radius 2 is 2.05 bits per heavy atom. The molecule has 7 heteroatoms. The highest BCUT2D eigenvalue weighted by Gasteiger charge is 2.16. The van der Waals surface area contributed by atoms with Crippen molar-refractivity contribution in [3.8, 4) is 0 Å². The molecule has 0 fully saturated rings. The fourth-order valence-corrected chi connectivity index (χ4v) is 1.85. The highest BCUT2D eigenvalue weighted by atomic mass is 16.2. The number of carbonyl (C=O) groups excluding carboxylic acids is 2. The first kappa shape index (κ1) is 16.0. The molecule has 112 valence electrons. The van der Waals surface area contributed by atoms with E-state index in [4.69, 9.17) is 0 Å². The second-order valence-corrected chi connectivity index (χ2v) is 4.89. The van der Waals surface area contributed by atoms with Crippen LogP contribution in [0.4, 0.5) is 4.79 Å². The molecule has 0 aliphatic rings. The van der Waals surface area contributed by atoms with E-state index in [1.807, 2.05) is 33.9 Å². The van der Waals surface area contributed by atoms with E-state index in [2.05, 4.69) is 21.0 Å². The molecular weight excluding hydrogens is 258 g/mol. The molecular formula is C13H23N5O2. The summed E-state index contributed by atoms with van der Waals surface area (Å²) in [5.41, 5.74) is 0.925. The van der Waals surface area contributed by atoms with Gasteiger partial charge in [0.15, 0.2) is 0 Å². The first-order valence-electron chi connectivity index (χ1n) is 6.75. The predicted octanol–water partition coefficient (Wildman–Crippen LogP) is 0.695. The fourth-order valence-electron chi connectivity index (χ4n) is 1.85. The smallest absolute Gasteiger partial charge is 0.315 e. The maximum Gasteiger partial charge on any atom is 0.315 e. The van der Waals surface area contributed by atoms with Crippen molar-refractivity contribution in [1.29, 1.82) is 0 Å². The molecule has 1 aromatic heterocycles. The van der Waals surface area contributed by atoms with Gasteiger partial charge in [-0.2, -0.15) is 5.10 Å². The van der Waals surface area contributed by atoms with E-state index in [1.54, 1.807) is 10.9 Å². The molecule has 0 bridgehead atoms. The molecule has 0 aromatic carbocycles. The molecule has 0 spiro atoms. The average molecular weight is 281 g/mol. The number of nitrogens with zero attached hydrogens (tertiary/aromatic N) is 2. The number of aromatic nitrogens is 2. The third-order valence-corrected chi connectivity index (χ3v) is 2.79. The van der Waals surface area contributed by atoms with Crippen LogP contribution in [0.2, 0.25) is 0 Å². The summed E-state index contributed by atoms with van der Waals surface area (Å²) >= 11 is 0. The summed E-state index contributed by atoms with van der Waals surface area (Å²) in [5.74, 6) is -0.205. The van der Waals surface area contributed by atoms with Crippen molar-refractivity contribution < 1.29 is 9.59 Å². The number of aryl methyl sites for hydroxylation is 1. The highest BCUT2D eigenvalue weighted by molar-refractivity contribution is 5.84. The summed E-state index contributed by atoms with van der Waals surface area (Å²) in [5, 5.41) is 12.2. The zero-order valence-electron chi connectivity index (χ0n) is 12.4. The van der Waals surface area contributed by atoms with Gasteiger partial charge in [-0.1, -0.05) is 6.92 Å². The van der Waals surface area contributed by atoms with Gasteiger partial charge in [-0.3, -0.25) is 9.48 Å². The lowest BCUT2D eigenvalue weighted by Gasteiger charge is -2.18. The maximum absolute atomic E-state index is 11.8. The Morgan fingerprint density at radius 3 is 2.55 bits per heavy atom. The van der Waals surface area contributed by atoms with Gasteiger partial charge in [-0.25, -0.2) is 4.79 Å². The van der Waals surface area contributed by atoms with Crippen LogP contribution in [-0.2, 0) is 11.8 Å². The summed E-state index contributed by atoms with van der Waals surface area (Å²) in [7, 11) is 1.83. The van der Waals surface area contributed by atoms with Crippen LogP contribution in [0.3, 0.4) is 0 Å². The zero-order valence-corrected chi connectivity index (χ0v) is 12.4. The Hall–Kier alpha value is -2.05. The molecule has 0 saturated heterocycles. The van der Waals surface area contributed by atoms with Crippen LogP contribution in [0, 0.1) is 0 Å². The Bertz CT molecular complexity index is 455. The van der Waals surface area contributed by atoms with E-state index in [-0.39, 0.29) is 30.6 Å². The van der Waals surface area contributed by atoms with Crippen molar-refractivity contribution in [3.63, 3.8) is 0 Å². The van der Waals surface area contributed by atoms with Gasteiger partial charge in [-0.05, 0) is 26.3 Å². The van der Waals surface area contributed by atoms with Crippen LogP contribution in [0.15, 0.2) is 12.3 Å². The molecule has 1 rings (SSSR count). The van der Waals surface area contributed by atoms with Crippen LogP contribution >= 0.6 is 0 Å². The molecule has 0 aliphatic carbocycles. The molecule has 20 heavy (non-hydrogen) atoms. The molecule has 7 nitrogen and oxygen atoms in total. The predicted molar refractivity (Wildman–Crippen MR) is 76.1 cm³/mol. The number of amides is 3. The summed E-state index contributed by atoms with van der Waals surface area (Å²) in [6, 6.07) is 1.43. The summed E-state index contributed by atoms with van der Waals surface area (Å²) in [4.78, 5) is 23.2. The Kier molecular flexibility index (Phi) is 6.02. The van der Waals surface area contributed by atoms with Crippen LogP contribution in [0.1, 0.15) is 38.9 Å². The van der Waals surface area contributed by atoms with Gasteiger partial charge in [0.1, 0.15) is 0 Å². The zero-order chi connectivity index (χ0) is 15.1.